The normalized spacial score (nSPS) is 39.8. The van der Waals surface area contributed by atoms with Gasteiger partial charge in [0.15, 0.2) is 6.17 Å². The van der Waals surface area contributed by atoms with Crippen molar-refractivity contribution in [2.45, 2.75) is 18.7 Å². The van der Waals surface area contributed by atoms with Crippen LogP contribution in [-0.4, -0.2) is 30.5 Å². The topological polar surface area (TPSA) is 36.8 Å². The van der Waals surface area contributed by atoms with Gasteiger partial charge in [0.2, 0.25) is 0 Å². The summed E-state index contributed by atoms with van der Waals surface area (Å²) < 4.78 is 12.3. The first kappa shape index (κ1) is 5.98. The second-order valence-electron chi connectivity index (χ2n) is 2.19. The molecule has 1 rings (SSSR count). The lowest BCUT2D eigenvalue weighted by atomic mass is 10.1. The van der Waals surface area contributed by atoms with Gasteiger partial charge in [-0.15, -0.1) is 0 Å². The zero-order valence-corrected chi connectivity index (χ0v) is 4.68. The fraction of sp³-hybridized carbons (Fsp3) is 1.00. The summed E-state index contributed by atoms with van der Waals surface area (Å²) in [5, 5.41) is 10.7. The van der Waals surface area contributed by atoms with Crippen LogP contribution in [0, 0.1) is 0 Å². The van der Waals surface area contributed by atoms with Crippen LogP contribution in [0.3, 0.4) is 0 Å². The fourth-order valence-electron chi connectivity index (χ4n) is 0.904. The molecule has 0 saturated carbocycles. The molecule has 1 aliphatic rings. The van der Waals surface area contributed by atoms with E-state index >= 15 is 0 Å². The van der Waals surface area contributed by atoms with Crippen molar-refractivity contribution in [2.24, 2.45) is 0 Å². The molecule has 0 spiro atoms. The highest BCUT2D eigenvalue weighted by Crippen LogP contribution is 2.01. The van der Waals surface area contributed by atoms with Gasteiger partial charge in [0.05, 0.1) is 12.6 Å². The van der Waals surface area contributed by atoms with E-state index in [0.29, 0.717) is 13.0 Å². The van der Waals surface area contributed by atoms with E-state index in [1.807, 2.05) is 5.32 Å². The Morgan fingerprint density at radius 3 is 2.75 bits per heavy atom. The summed E-state index contributed by atoms with van der Waals surface area (Å²) in [6.07, 6.45) is -1.09. The predicted molar refractivity (Wildman–Crippen MR) is 27.2 cm³/mol. The molecule has 2 unspecified atom stereocenters. The van der Waals surface area contributed by atoms with Crippen LogP contribution in [0.25, 0.3) is 0 Å². The average Bonchev–Trinajstić information content (AvgIpc) is 1.77. The minimum atomic E-state index is -0.997. The number of aliphatic hydroxyl groups excluding tert-OH is 1. The van der Waals surface area contributed by atoms with E-state index in [-0.39, 0.29) is 0 Å². The Bertz CT molecular complexity index is 68.8. The Kier molecular flexibility index (Phi) is 1.81. The van der Waals surface area contributed by atoms with E-state index in [1.165, 1.54) is 0 Å². The second-order valence-corrected chi connectivity index (χ2v) is 2.19. The first-order valence-corrected chi connectivity index (χ1v) is 2.94. The lowest BCUT2D eigenvalue weighted by Gasteiger charge is -2.18. The van der Waals surface area contributed by atoms with Crippen molar-refractivity contribution in [2.75, 3.05) is 13.1 Å². The Hall–Kier alpha value is -0.150. The molecule has 1 fully saturated rings. The molecule has 2 atom stereocenters. The first-order chi connectivity index (χ1) is 3.80. The van der Waals surface area contributed by atoms with Crippen molar-refractivity contribution in [3.8, 4) is 0 Å². The SMILES string of the molecule is OC1CC[NH2+]CC1F. The largest absolute Gasteiger partial charge is 0.390 e. The van der Waals surface area contributed by atoms with E-state index in [0.717, 1.165) is 6.54 Å². The van der Waals surface area contributed by atoms with E-state index in [2.05, 4.69) is 0 Å². The van der Waals surface area contributed by atoms with Crippen LogP contribution >= 0.6 is 0 Å². The molecule has 0 aromatic rings. The number of nitrogens with two attached hydrogens (primary N) is 1. The summed E-state index contributed by atoms with van der Waals surface area (Å²) in [6, 6.07) is 0. The van der Waals surface area contributed by atoms with Crippen molar-refractivity contribution < 1.29 is 14.8 Å². The van der Waals surface area contributed by atoms with Crippen molar-refractivity contribution >= 4 is 0 Å². The molecule has 0 bridgehead atoms. The number of aliphatic hydroxyl groups is 1. The standard InChI is InChI=1S/C5H10FNO/c6-4-3-7-2-1-5(4)8/h4-5,7-8H,1-3H2/p+1. The molecule has 0 aliphatic carbocycles. The highest BCUT2D eigenvalue weighted by atomic mass is 19.1. The van der Waals surface area contributed by atoms with Crippen molar-refractivity contribution in [3.05, 3.63) is 0 Å². The second kappa shape index (κ2) is 2.42. The van der Waals surface area contributed by atoms with Crippen LogP contribution in [0.4, 0.5) is 4.39 Å². The zero-order valence-electron chi connectivity index (χ0n) is 4.68. The molecular weight excluding hydrogens is 109 g/mol. The molecule has 1 heterocycles. The van der Waals surface area contributed by atoms with Crippen molar-refractivity contribution in [3.63, 3.8) is 0 Å². The summed E-state index contributed by atoms with van der Waals surface area (Å²) in [5.74, 6) is 0. The van der Waals surface area contributed by atoms with Crippen LogP contribution < -0.4 is 5.32 Å². The van der Waals surface area contributed by atoms with Crippen molar-refractivity contribution in [1.82, 2.24) is 0 Å². The number of rotatable bonds is 0. The highest BCUT2D eigenvalue weighted by molar-refractivity contribution is 4.67. The van der Waals surface area contributed by atoms with Gasteiger partial charge in [-0.1, -0.05) is 0 Å². The lowest BCUT2D eigenvalue weighted by Crippen LogP contribution is -2.89. The van der Waals surface area contributed by atoms with E-state index in [1.54, 1.807) is 0 Å². The van der Waals surface area contributed by atoms with Gasteiger partial charge in [0.1, 0.15) is 6.54 Å². The Balaban J connectivity index is 2.28. The minimum absolute atomic E-state index is 0.432. The third-order valence-electron chi connectivity index (χ3n) is 1.48. The van der Waals surface area contributed by atoms with Crippen LogP contribution in [0.15, 0.2) is 0 Å². The molecule has 1 saturated heterocycles. The van der Waals surface area contributed by atoms with Gasteiger partial charge < -0.3 is 10.4 Å². The van der Waals surface area contributed by atoms with Crippen molar-refractivity contribution in [1.29, 1.82) is 0 Å². The number of alkyl halides is 1. The third kappa shape index (κ3) is 1.17. The quantitative estimate of drug-likeness (QED) is 0.407. The Labute approximate surface area is 47.7 Å². The summed E-state index contributed by atoms with van der Waals surface area (Å²) in [6.45, 7) is 1.29. The van der Waals surface area contributed by atoms with Gasteiger partial charge in [-0.25, -0.2) is 4.39 Å². The highest BCUT2D eigenvalue weighted by Gasteiger charge is 2.24. The van der Waals surface area contributed by atoms with Crippen LogP contribution in [-0.2, 0) is 0 Å². The summed E-state index contributed by atoms with van der Waals surface area (Å²) in [7, 11) is 0. The molecule has 0 aromatic carbocycles. The van der Waals surface area contributed by atoms with E-state index in [9.17, 15) is 4.39 Å². The monoisotopic (exact) mass is 120 g/mol. The van der Waals surface area contributed by atoms with Gasteiger partial charge in [-0.3, -0.25) is 0 Å². The number of hydrogen-bond donors (Lipinski definition) is 2. The molecule has 8 heavy (non-hydrogen) atoms. The van der Waals surface area contributed by atoms with Gasteiger partial charge >= 0.3 is 0 Å². The average molecular weight is 120 g/mol. The molecule has 1 aliphatic heterocycles. The lowest BCUT2D eigenvalue weighted by molar-refractivity contribution is -0.670. The van der Waals surface area contributed by atoms with E-state index in [4.69, 9.17) is 5.11 Å². The van der Waals surface area contributed by atoms with Crippen LogP contribution in [0.5, 0.6) is 0 Å². The molecule has 3 N–H and O–H groups in total. The number of piperidine rings is 1. The molecule has 0 radical (unpaired) electrons. The first-order valence-electron chi connectivity index (χ1n) is 2.94. The molecule has 48 valence electrons. The van der Waals surface area contributed by atoms with Gasteiger partial charge in [-0.05, 0) is 0 Å². The molecule has 0 amide bonds. The fourth-order valence-corrected chi connectivity index (χ4v) is 0.904. The van der Waals surface area contributed by atoms with E-state index < -0.39 is 12.3 Å². The number of hydrogen-bond acceptors (Lipinski definition) is 1. The Morgan fingerprint density at radius 2 is 2.38 bits per heavy atom. The van der Waals surface area contributed by atoms with Crippen LogP contribution in [0.1, 0.15) is 6.42 Å². The van der Waals surface area contributed by atoms with Gasteiger partial charge in [0, 0.05) is 6.42 Å². The molecule has 3 heteroatoms. The third-order valence-corrected chi connectivity index (χ3v) is 1.48. The molecule has 0 aromatic heterocycles. The zero-order chi connectivity index (χ0) is 5.98. The minimum Gasteiger partial charge on any atom is -0.390 e. The Morgan fingerprint density at radius 1 is 1.62 bits per heavy atom. The maximum atomic E-state index is 12.3. The number of halogens is 1. The van der Waals surface area contributed by atoms with Gasteiger partial charge in [-0.2, -0.15) is 0 Å². The smallest absolute Gasteiger partial charge is 0.174 e. The molecule has 2 nitrogen and oxygen atoms in total. The summed E-state index contributed by atoms with van der Waals surface area (Å²) in [4.78, 5) is 0. The summed E-state index contributed by atoms with van der Waals surface area (Å²) >= 11 is 0. The predicted octanol–water partition coefficient (Wildman–Crippen LogP) is -1.35. The van der Waals surface area contributed by atoms with Crippen LogP contribution in [0.2, 0.25) is 0 Å². The maximum Gasteiger partial charge on any atom is 0.174 e. The maximum absolute atomic E-state index is 12.3. The molecular formula is C5H11FNO+. The number of quaternary nitrogens is 1. The summed E-state index contributed by atoms with van der Waals surface area (Å²) in [5.41, 5.74) is 0. The van der Waals surface area contributed by atoms with Gasteiger partial charge in [0.25, 0.3) is 0 Å².